The number of hydrogen-bond donors (Lipinski definition) is 1. The highest BCUT2D eigenvalue weighted by molar-refractivity contribution is 7.13. The van der Waals surface area contributed by atoms with Crippen LogP contribution < -0.4 is 5.32 Å². The zero-order valence-electron chi connectivity index (χ0n) is 14.0. The van der Waals surface area contributed by atoms with Gasteiger partial charge in [-0.3, -0.25) is 4.79 Å². The predicted octanol–water partition coefficient (Wildman–Crippen LogP) is 4.63. The van der Waals surface area contributed by atoms with Gasteiger partial charge in [-0.15, -0.1) is 0 Å². The third-order valence-corrected chi connectivity index (χ3v) is 7.58. The van der Waals surface area contributed by atoms with Crippen molar-refractivity contribution in [3.63, 3.8) is 0 Å². The van der Waals surface area contributed by atoms with E-state index in [4.69, 9.17) is 0 Å². The van der Waals surface area contributed by atoms with E-state index in [1.165, 1.54) is 56.5 Å². The lowest BCUT2D eigenvalue weighted by Crippen LogP contribution is -2.47. The summed E-state index contributed by atoms with van der Waals surface area (Å²) in [6, 6.07) is 5.89. The molecule has 0 spiro atoms. The number of amides is 1. The molecule has 3 nitrogen and oxygen atoms in total. The summed E-state index contributed by atoms with van der Waals surface area (Å²) >= 11 is 1.41. The van der Waals surface area contributed by atoms with Gasteiger partial charge in [-0.25, -0.2) is 0 Å². The van der Waals surface area contributed by atoms with Crippen LogP contribution in [0.2, 0.25) is 0 Å². The number of benzene rings is 1. The first kappa shape index (κ1) is 14.9. The molecule has 4 bridgehead atoms. The molecule has 1 aromatic carbocycles. The summed E-state index contributed by atoms with van der Waals surface area (Å²) in [6.45, 7) is 0.820. The Balaban J connectivity index is 1.25. The summed E-state index contributed by atoms with van der Waals surface area (Å²) in [4.78, 5) is 12.6. The molecule has 0 saturated heterocycles. The van der Waals surface area contributed by atoms with Gasteiger partial charge < -0.3 is 5.32 Å². The second kappa shape index (κ2) is 5.55. The second-order valence-electron chi connectivity index (χ2n) is 8.47. The monoisotopic (exact) mass is 340 g/mol. The molecule has 4 aliphatic carbocycles. The molecule has 4 aliphatic rings. The predicted molar refractivity (Wildman–Crippen MR) is 97.2 cm³/mol. The van der Waals surface area contributed by atoms with Crippen LogP contribution in [-0.4, -0.2) is 16.8 Å². The van der Waals surface area contributed by atoms with Gasteiger partial charge in [0.2, 0.25) is 0 Å². The summed E-state index contributed by atoms with van der Waals surface area (Å²) in [5.41, 5.74) is 1.32. The molecule has 24 heavy (non-hydrogen) atoms. The van der Waals surface area contributed by atoms with Gasteiger partial charge in [0, 0.05) is 18.1 Å². The number of carbonyl (C=O) groups is 1. The average molecular weight is 340 g/mol. The standard InChI is InChI=1S/C20H24N2OS/c23-19(17-3-1-2-16-12-22-24-18(16)17)21-5-4-20-9-13-6-14(10-20)8-15(7-13)11-20/h1-3,12-15H,4-11H2,(H,21,23). The minimum Gasteiger partial charge on any atom is -0.352 e. The van der Waals surface area contributed by atoms with Crippen LogP contribution >= 0.6 is 11.5 Å². The van der Waals surface area contributed by atoms with E-state index >= 15 is 0 Å². The first-order valence-electron chi connectivity index (χ1n) is 9.32. The third kappa shape index (κ3) is 2.46. The molecule has 2 aromatic rings. The van der Waals surface area contributed by atoms with Gasteiger partial charge >= 0.3 is 0 Å². The summed E-state index contributed by atoms with van der Waals surface area (Å²) in [5.74, 6) is 3.02. The van der Waals surface area contributed by atoms with Gasteiger partial charge in [-0.1, -0.05) is 12.1 Å². The highest BCUT2D eigenvalue weighted by Crippen LogP contribution is 2.61. The summed E-state index contributed by atoms with van der Waals surface area (Å²) in [5, 5.41) is 4.26. The van der Waals surface area contributed by atoms with Crippen molar-refractivity contribution in [3.8, 4) is 0 Å². The summed E-state index contributed by atoms with van der Waals surface area (Å²) < 4.78 is 5.22. The molecule has 4 heteroatoms. The van der Waals surface area contributed by atoms with Crippen LogP contribution in [0.3, 0.4) is 0 Å². The minimum absolute atomic E-state index is 0.0644. The summed E-state index contributed by atoms with van der Waals surface area (Å²) in [6.07, 6.45) is 11.7. The smallest absolute Gasteiger partial charge is 0.252 e. The lowest BCUT2D eigenvalue weighted by molar-refractivity contribution is -0.0564. The number of nitrogens with zero attached hydrogens (tertiary/aromatic N) is 1. The Bertz CT molecular complexity index is 746. The van der Waals surface area contributed by atoms with Crippen molar-refractivity contribution in [2.75, 3.05) is 6.54 Å². The van der Waals surface area contributed by atoms with Crippen molar-refractivity contribution in [1.29, 1.82) is 0 Å². The van der Waals surface area contributed by atoms with E-state index in [0.29, 0.717) is 5.41 Å². The maximum absolute atomic E-state index is 12.6. The number of aromatic nitrogens is 1. The van der Waals surface area contributed by atoms with E-state index < -0.39 is 0 Å². The Kier molecular flexibility index (Phi) is 3.44. The first-order chi connectivity index (χ1) is 11.7. The van der Waals surface area contributed by atoms with Gasteiger partial charge in [0.15, 0.2) is 0 Å². The molecular weight excluding hydrogens is 316 g/mol. The molecule has 6 rings (SSSR count). The number of nitrogens with one attached hydrogen (secondary N) is 1. The average Bonchev–Trinajstić information content (AvgIpc) is 3.01. The number of rotatable bonds is 4. The van der Waals surface area contributed by atoms with Gasteiger partial charge in [0.25, 0.3) is 5.91 Å². The van der Waals surface area contributed by atoms with Gasteiger partial charge in [-0.2, -0.15) is 4.37 Å². The normalized spacial score (nSPS) is 33.9. The second-order valence-corrected chi connectivity index (χ2v) is 9.27. The van der Waals surface area contributed by atoms with Crippen molar-refractivity contribution in [2.24, 2.45) is 23.2 Å². The molecule has 1 heterocycles. The van der Waals surface area contributed by atoms with Crippen molar-refractivity contribution in [1.82, 2.24) is 9.69 Å². The first-order valence-corrected chi connectivity index (χ1v) is 10.1. The molecule has 4 fully saturated rings. The fourth-order valence-electron chi connectivity index (χ4n) is 6.21. The molecule has 0 atom stereocenters. The zero-order chi connectivity index (χ0) is 16.1. The highest BCUT2D eigenvalue weighted by Gasteiger charge is 2.50. The Morgan fingerprint density at radius 1 is 1.17 bits per heavy atom. The third-order valence-electron chi connectivity index (χ3n) is 6.73. The molecule has 126 valence electrons. The van der Waals surface area contributed by atoms with Crippen LogP contribution in [0, 0.1) is 23.2 Å². The van der Waals surface area contributed by atoms with Crippen molar-refractivity contribution < 1.29 is 4.79 Å². The Labute approximate surface area is 147 Å². The molecule has 1 amide bonds. The van der Waals surface area contributed by atoms with E-state index in [-0.39, 0.29) is 5.91 Å². The maximum Gasteiger partial charge on any atom is 0.252 e. The Morgan fingerprint density at radius 3 is 2.58 bits per heavy atom. The highest BCUT2D eigenvalue weighted by atomic mass is 32.1. The lowest BCUT2D eigenvalue weighted by Gasteiger charge is -2.57. The molecule has 0 radical (unpaired) electrons. The zero-order valence-corrected chi connectivity index (χ0v) is 14.8. The molecule has 1 aromatic heterocycles. The minimum atomic E-state index is 0.0644. The van der Waals surface area contributed by atoms with E-state index in [0.717, 1.165) is 39.9 Å². The molecular formula is C20H24N2OS. The number of fused-ring (bicyclic) bond motifs is 1. The van der Waals surface area contributed by atoms with Crippen LogP contribution in [0.5, 0.6) is 0 Å². The van der Waals surface area contributed by atoms with Crippen LogP contribution in [0.25, 0.3) is 10.1 Å². The van der Waals surface area contributed by atoms with Crippen LogP contribution in [0.1, 0.15) is 55.3 Å². The molecule has 0 unspecified atom stereocenters. The van der Waals surface area contributed by atoms with Crippen LogP contribution in [0.4, 0.5) is 0 Å². The fourth-order valence-corrected chi connectivity index (χ4v) is 6.96. The van der Waals surface area contributed by atoms with Crippen molar-refractivity contribution in [2.45, 2.75) is 44.9 Å². The molecule has 4 saturated carbocycles. The van der Waals surface area contributed by atoms with E-state index in [1.54, 1.807) is 0 Å². The number of hydrogen-bond acceptors (Lipinski definition) is 3. The van der Waals surface area contributed by atoms with Gasteiger partial charge in [0.05, 0.1) is 10.3 Å². The van der Waals surface area contributed by atoms with Crippen LogP contribution in [0.15, 0.2) is 24.4 Å². The largest absolute Gasteiger partial charge is 0.352 e. The SMILES string of the molecule is O=C(NCCC12CC3CC(CC(C3)C1)C2)c1cccc2cnsc12. The number of carbonyl (C=O) groups excluding carboxylic acids is 1. The lowest BCUT2D eigenvalue weighted by atomic mass is 9.49. The maximum atomic E-state index is 12.6. The van der Waals surface area contributed by atoms with Crippen LogP contribution in [-0.2, 0) is 0 Å². The van der Waals surface area contributed by atoms with E-state index in [9.17, 15) is 4.79 Å². The van der Waals surface area contributed by atoms with Gasteiger partial charge in [-0.05, 0) is 85.7 Å². The van der Waals surface area contributed by atoms with Crippen molar-refractivity contribution >= 4 is 27.5 Å². The molecule has 1 N–H and O–H groups in total. The Hall–Kier alpha value is -1.42. The fraction of sp³-hybridized carbons (Fsp3) is 0.600. The molecule has 0 aliphatic heterocycles. The Morgan fingerprint density at radius 2 is 1.88 bits per heavy atom. The topological polar surface area (TPSA) is 42.0 Å². The quantitative estimate of drug-likeness (QED) is 0.881. The van der Waals surface area contributed by atoms with E-state index in [1.807, 2.05) is 24.4 Å². The summed E-state index contributed by atoms with van der Waals surface area (Å²) in [7, 11) is 0. The van der Waals surface area contributed by atoms with Gasteiger partial charge in [0.1, 0.15) is 0 Å². The van der Waals surface area contributed by atoms with E-state index in [2.05, 4.69) is 9.69 Å². The van der Waals surface area contributed by atoms with Crippen molar-refractivity contribution in [3.05, 3.63) is 30.0 Å².